The fourth-order valence-electron chi connectivity index (χ4n) is 3.49. The highest BCUT2D eigenvalue weighted by atomic mass is 35.5. The van der Waals surface area contributed by atoms with Gasteiger partial charge in [-0.3, -0.25) is 4.99 Å². The largest absolute Gasteiger partial charge is 0.493 e. The topological polar surface area (TPSA) is 80.2 Å². The molecule has 1 aromatic heterocycles. The van der Waals surface area contributed by atoms with Crippen LogP contribution in [0.1, 0.15) is 12.0 Å². The number of hydrogen-bond acceptors (Lipinski definition) is 6. The molecule has 1 saturated heterocycles. The number of pyridine rings is 1. The van der Waals surface area contributed by atoms with Crippen LogP contribution in [0.25, 0.3) is 0 Å². The number of guanidine groups is 1. The Morgan fingerprint density at radius 1 is 1.23 bits per heavy atom. The highest BCUT2D eigenvalue weighted by Crippen LogP contribution is 2.38. The fraction of sp³-hybridized carbons (Fsp3) is 0.429. The van der Waals surface area contributed by atoms with Gasteiger partial charge in [0, 0.05) is 38.9 Å². The Balaban J connectivity index is 1.60. The maximum Gasteiger partial charge on any atom is 0.203 e. The van der Waals surface area contributed by atoms with Gasteiger partial charge in [-0.1, -0.05) is 11.6 Å². The van der Waals surface area contributed by atoms with Gasteiger partial charge in [-0.15, -0.1) is 0 Å². The van der Waals surface area contributed by atoms with E-state index in [1.54, 1.807) is 34.6 Å². The number of methoxy groups -OCH3 is 3. The van der Waals surface area contributed by atoms with Crippen LogP contribution in [0.3, 0.4) is 0 Å². The third-order valence-corrected chi connectivity index (χ3v) is 5.27. The van der Waals surface area contributed by atoms with Gasteiger partial charge in [0.1, 0.15) is 5.82 Å². The second-order valence-corrected chi connectivity index (χ2v) is 7.25. The van der Waals surface area contributed by atoms with Gasteiger partial charge in [-0.05, 0) is 36.2 Å². The molecule has 1 atom stereocenters. The monoisotopic (exact) mass is 433 g/mol. The lowest BCUT2D eigenvalue weighted by atomic mass is 10.2. The zero-order valence-corrected chi connectivity index (χ0v) is 18.5. The van der Waals surface area contributed by atoms with Crippen LogP contribution >= 0.6 is 11.6 Å². The first-order valence-electron chi connectivity index (χ1n) is 9.71. The van der Waals surface area contributed by atoms with Crippen LogP contribution in [0.5, 0.6) is 17.2 Å². The minimum Gasteiger partial charge on any atom is -0.493 e. The molecule has 30 heavy (non-hydrogen) atoms. The Kier molecular flexibility index (Phi) is 7.46. The Hall–Kier alpha value is -2.87. The van der Waals surface area contributed by atoms with Gasteiger partial charge in [0.05, 0.1) is 26.4 Å². The molecule has 0 aliphatic carbocycles. The summed E-state index contributed by atoms with van der Waals surface area (Å²) in [5.41, 5.74) is 0.987. The van der Waals surface area contributed by atoms with E-state index >= 15 is 0 Å². The molecular formula is C21H28ClN5O3. The summed E-state index contributed by atoms with van der Waals surface area (Å²) in [5.74, 6) is 3.36. The predicted octanol–water partition coefficient (Wildman–Crippen LogP) is 2.70. The minimum atomic E-state index is 0.245. The second-order valence-electron chi connectivity index (χ2n) is 6.84. The molecular weight excluding hydrogens is 406 g/mol. The van der Waals surface area contributed by atoms with Crippen molar-refractivity contribution in [2.24, 2.45) is 4.99 Å². The molecule has 1 aliphatic rings. The molecule has 8 nitrogen and oxygen atoms in total. The second kappa shape index (κ2) is 10.2. The molecule has 2 heterocycles. The molecule has 9 heteroatoms. The van der Waals surface area contributed by atoms with Gasteiger partial charge >= 0.3 is 0 Å². The van der Waals surface area contributed by atoms with E-state index in [4.69, 9.17) is 25.8 Å². The van der Waals surface area contributed by atoms with Crippen LogP contribution in [0.4, 0.5) is 5.82 Å². The van der Waals surface area contributed by atoms with Gasteiger partial charge < -0.3 is 29.7 Å². The molecule has 0 amide bonds. The van der Waals surface area contributed by atoms with Crippen LogP contribution < -0.4 is 29.7 Å². The Bertz CT molecular complexity index is 868. The van der Waals surface area contributed by atoms with Crippen molar-refractivity contribution >= 4 is 23.4 Å². The van der Waals surface area contributed by atoms with Crippen molar-refractivity contribution in [2.45, 2.75) is 19.0 Å². The van der Waals surface area contributed by atoms with E-state index in [1.807, 2.05) is 24.3 Å². The zero-order valence-electron chi connectivity index (χ0n) is 17.7. The summed E-state index contributed by atoms with van der Waals surface area (Å²) < 4.78 is 16.2. The van der Waals surface area contributed by atoms with Crippen LogP contribution in [0.2, 0.25) is 5.02 Å². The van der Waals surface area contributed by atoms with Crippen LogP contribution in [0, 0.1) is 0 Å². The van der Waals surface area contributed by atoms with Crippen molar-refractivity contribution in [3.05, 3.63) is 41.0 Å². The van der Waals surface area contributed by atoms with Crippen molar-refractivity contribution < 1.29 is 14.2 Å². The summed E-state index contributed by atoms with van der Waals surface area (Å²) in [5, 5.41) is 7.49. The normalized spacial score (nSPS) is 16.4. The number of aliphatic imine (C=N–C) groups is 1. The van der Waals surface area contributed by atoms with E-state index < -0.39 is 0 Å². The Morgan fingerprint density at radius 2 is 1.97 bits per heavy atom. The lowest BCUT2D eigenvalue weighted by Gasteiger charge is -2.20. The van der Waals surface area contributed by atoms with E-state index in [9.17, 15) is 0 Å². The van der Waals surface area contributed by atoms with Crippen molar-refractivity contribution in [1.82, 2.24) is 15.6 Å². The Morgan fingerprint density at radius 3 is 2.57 bits per heavy atom. The standard InChI is InChI=1S/C21H28ClN5O3/c1-23-21(25-12-14-10-17(28-2)19(30-4)18(11-14)29-3)26-15-7-9-27(13-15)20-16(22)6-5-8-24-20/h5-6,8,10-11,15H,7,9,12-13H2,1-4H3,(H2,23,25,26). The number of anilines is 1. The summed E-state index contributed by atoms with van der Waals surface area (Å²) in [4.78, 5) is 10.9. The number of nitrogens with one attached hydrogen (secondary N) is 2. The molecule has 0 radical (unpaired) electrons. The molecule has 0 saturated carbocycles. The van der Waals surface area contributed by atoms with Crippen molar-refractivity contribution in [3.8, 4) is 17.2 Å². The van der Waals surface area contributed by atoms with Gasteiger partial charge in [0.2, 0.25) is 5.75 Å². The van der Waals surface area contributed by atoms with E-state index in [2.05, 4.69) is 25.5 Å². The first-order chi connectivity index (χ1) is 14.6. The van der Waals surface area contributed by atoms with Gasteiger partial charge in [0.25, 0.3) is 0 Å². The number of benzene rings is 1. The molecule has 0 spiro atoms. The van der Waals surface area contributed by atoms with E-state index in [0.29, 0.717) is 28.8 Å². The first kappa shape index (κ1) is 21.8. The predicted molar refractivity (Wildman–Crippen MR) is 119 cm³/mol. The smallest absolute Gasteiger partial charge is 0.203 e. The van der Waals surface area contributed by atoms with E-state index in [-0.39, 0.29) is 6.04 Å². The maximum atomic E-state index is 6.28. The average molecular weight is 434 g/mol. The van der Waals surface area contributed by atoms with Gasteiger partial charge in [-0.2, -0.15) is 0 Å². The van der Waals surface area contributed by atoms with Crippen molar-refractivity contribution in [2.75, 3.05) is 46.4 Å². The summed E-state index contributed by atoms with van der Waals surface area (Å²) in [6.45, 7) is 2.25. The molecule has 162 valence electrons. The van der Waals surface area contributed by atoms with Crippen molar-refractivity contribution in [1.29, 1.82) is 0 Å². The fourth-order valence-corrected chi connectivity index (χ4v) is 3.73. The summed E-state index contributed by atoms with van der Waals surface area (Å²) in [6.07, 6.45) is 2.73. The third kappa shape index (κ3) is 4.99. The molecule has 3 rings (SSSR count). The van der Waals surface area contributed by atoms with Crippen LogP contribution in [0.15, 0.2) is 35.5 Å². The molecule has 1 fully saturated rings. The molecule has 1 aromatic carbocycles. The van der Waals surface area contributed by atoms with E-state index in [0.717, 1.165) is 36.9 Å². The quantitative estimate of drug-likeness (QED) is 0.513. The molecule has 2 N–H and O–H groups in total. The lowest BCUT2D eigenvalue weighted by Crippen LogP contribution is -2.44. The summed E-state index contributed by atoms with van der Waals surface area (Å²) in [7, 11) is 6.56. The van der Waals surface area contributed by atoms with E-state index in [1.165, 1.54) is 0 Å². The highest BCUT2D eigenvalue weighted by Gasteiger charge is 2.25. The number of rotatable bonds is 7. The molecule has 2 aromatic rings. The van der Waals surface area contributed by atoms with Gasteiger partial charge in [-0.25, -0.2) is 4.98 Å². The third-order valence-electron chi connectivity index (χ3n) is 4.98. The van der Waals surface area contributed by atoms with Crippen molar-refractivity contribution in [3.63, 3.8) is 0 Å². The number of hydrogen-bond donors (Lipinski definition) is 2. The number of halogens is 1. The molecule has 0 bridgehead atoms. The molecule has 1 unspecified atom stereocenters. The Labute approximate surface area is 182 Å². The summed E-state index contributed by atoms with van der Waals surface area (Å²) >= 11 is 6.28. The number of nitrogens with zero attached hydrogens (tertiary/aromatic N) is 3. The SMILES string of the molecule is CN=C(NCc1cc(OC)c(OC)c(OC)c1)NC1CCN(c2ncccc2Cl)C1. The lowest BCUT2D eigenvalue weighted by molar-refractivity contribution is 0.323. The molecule has 1 aliphatic heterocycles. The van der Waals surface area contributed by atoms with Crippen LogP contribution in [-0.2, 0) is 6.54 Å². The van der Waals surface area contributed by atoms with Gasteiger partial charge in [0.15, 0.2) is 17.5 Å². The zero-order chi connectivity index (χ0) is 21.5. The number of aromatic nitrogens is 1. The number of ether oxygens (including phenoxy) is 3. The highest BCUT2D eigenvalue weighted by molar-refractivity contribution is 6.32. The van der Waals surface area contributed by atoms with Crippen LogP contribution in [-0.4, -0.2) is 58.5 Å². The maximum absolute atomic E-state index is 6.28. The summed E-state index contributed by atoms with van der Waals surface area (Å²) in [6, 6.07) is 7.79. The minimum absolute atomic E-state index is 0.245. The average Bonchev–Trinajstić information content (AvgIpc) is 3.24. The first-order valence-corrected chi connectivity index (χ1v) is 10.1.